The largest absolute Gasteiger partial charge is 0.326 e. The molecule has 26 heavy (non-hydrogen) atoms. The summed E-state index contributed by atoms with van der Waals surface area (Å²) < 4.78 is 0. The van der Waals surface area contributed by atoms with Gasteiger partial charge in [-0.05, 0) is 43.7 Å². The van der Waals surface area contributed by atoms with Gasteiger partial charge in [-0.15, -0.1) is 0 Å². The molecule has 2 aromatic carbocycles. The second-order valence-electron chi connectivity index (χ2n) is 5.99. The summed E-state index contributed by atoms with van der Waals surface area (Å²) in [5, 5.41) is 3.39. The Hall–Kier alpha value is -2.66. The van der Waals surface area contributed by atoms with Crippen LogP contribution in [0.5, 0.6) is 0 Å². The minimum atomic E-state index is -0.218. The van der Waals surface area contributed by atoms with Crippen molar-refractivity contribution in [3.8, 4) is 0 Å². The van der Waals surface area contributed by atoms with Crippen molar-refractivity contribution in [1.82, 2.24) is 0 Å². The molecular formula is C20H21ClN2O3. The van der Waals surface area contributed by atoms with E-state index in [4.69, 9.17) is 11.6 Å². The lowest BCUT2D eigenvalue weighted by Gasteiger charge is -2.21. The molecule has 136 valence electrons. The van der Waals surface area contributed by atoms with Crippen LogP contribution in [0.3, 0.4) is 0 Å². The average Bonchev–Trinajstić information content (AvgIpc) is 2.59. The number of amides is 2. The average molecular weight is 373 g/mol. The van der Waals surface area contributed by atoms with E-state index in [1.807, 2.05) is 6.92 Å². The molecular weight excluding hydrogens is 352 g/mol. The van der Waals surface area contributed by atoms with Crippen molar-refractivity contribution in [2.75, 3.05) is 16.8 Å². The molecule has 1 N–H and O–H groups in total. The van der Waals surface area contributed by atoms with Gasteiger partial charge in [0.15, 0.2) is 5.78 Å². The lowest BCUT2D eigenvalue weighted by molar-refractivity contribution is -0.117. The van der Waals surface area contributed by atoms with Crippen LogP contribution in [0.2, 0.25) is 5.02 Å². The third-order valence-corrected chi connectivity index (χ3v) is 4.46. The Labute approximate surface area is 158 Å². The molecule has 0 spiro atoms. The number of Topliss-reactive ketones (excluding diaryl/α,β-unsaturated/α-hetero) is 1. The molecule has 0 heterocycles. The monoisotopic (exact) mass is 372 g/mol. The third-order valence-electron chi connectivity index (χ3n) is 4.05. The van der Waals surface area contributed by atoms with Crippen LogP contribution in [0.1, 0.15) is 36.2 Å². The summed E-state index contributed by atoms with van der Waals surface area (Å²) in [4.78, 5) is 37.3. The van der Waals surface area contributed by atoms with E-state index in [-0.39, 0.29) is 30.6 Å². The number of nitrogens with zero attached hydrogens (tertiary/aromatic N) is 1. The SMILES string of the molecule is CC(=O)c1cccc(N(CCC(=O)Nc2cccc(Cl)c2C)C(C)=O)c1. The maximum atomic E-state index is 12.3. The predicted molar refractivity (Wildman–Crippen MR) is 104 cm³/mol. The van der Waals surface area contributed by atoms with Crippen LogP contribution in [-0.2, 0) is 9.59 Å². The van der Waals surface area contributed by atoms with E-state index in [0.29, 0.717) is 22.0 Å². The standard InChI is InChI=1S/C20H21ClN2O3/c1-13-18(21)8-5-9-19(13)22-20(26)10-11-23(15(3)25)17-7-4-6-16(12-17)14(2)24/h4-9,12H,10-11H2,1-3H3,(H,22,26). The summed E-state index contributed by atoms with van der Waals surface area (Å²) in [5.74, 6) is -0.494. The maximum Gasteiger partial charge on any atom is 0.226 e. The van der Waals surface area contributed by atoms with E-state index >= 15 is 0 Å². The van der Waals surface area contributed by atoms with Gasteiger partial charge in [-0.25, -0.2) is 0 Å². The number of nitrogens with one attached hydrogen (secondary N) is 1. The number of hydrogen-bond donors (Lipinski definition) is 1. The Morgan fingerprint density at radius 1 is 1.08 bits per heavy atom. The van der Waals surface area contributed by atoms with E-state index in [0.717, 1.165) is 5.56 Å². The fraction of sp³-hybridized carbons (Fsp3) is 0.250. The highest BCUT2D eigenvalue weighted by atomic mass is 35.5. The van der Waals surface area contributed by atoms with E-state index in [2.05, 4.69) is 5.32 Å². The van der Waals surface area contributed by atoms with Crippen LogP contribution < -0.4 is 10.2 Å². The number of carbonyl (C=O) groups excluding carboxylic acids is 3. The van der Waals surface area contributed by atoms with Crippen molar-refractivity contribution >= 4 is 40.6 Å². The van der Waals surface area contributed by atoms with Gasteiger partial charge in [0, 0.05) is 41.9 Å². The fourth-order valence-corrected chi connectivity index (χ4v) is 2.70. The summed E-state index contributed by atoms with van der Waals surface area (Å²) in [6.45, 7) is 4.94. The zero-order valence-electron chi connectivity index (χ0n) is 15.0. The van der Waals surface area contributed by atoms with Crippen molar-refractivity contribution in [2.24, 2.45) is 0 Å². The molecule has 5 nitrogen and oxygen atoms in total. The lowest BCUT2D eigenvalue weighted by Crippen LogP contribution is -2.32. The zero-order valence-corrected chi connectivity index (χ0v) is 15.8. The molecule has 0 fully saturated rings. The first kappa shape index (κ1) is 19.7. The van der Waals surface area contributed by atoms with E-state index in [1.165, 1.54) is 18.7 Å². The van der Waals surface area contributed by atoms with Crippen LogP contribution in [0, 0.1) is 6.92 Å². The van der Waals surface area contributed by atoms with Gasteiger partial charge in [-0.3, -0.25) is 14.4 Å². The number of ketones is 1. The predicted octanol–water partition coefficient (Wildman–Crippen LogP) is 4.23. The molecule has 0 saturated carbocycles. The van der Waals surface area contributed by atoms with Crippen LogP contribution in [0.25, 0.3) is 0 Å². The molecule has 2 rings (SSSR count). The van der Waals surface area contributed by atoms with Gasteiger partial charge in [-0.2, -0.15) is 0 Å². The number of benzene rings is 2. The van der Waals surface area contributed by atoms with E-state index < -0.39 is 0 Å². The van der Waals surface area contributed by atoms with Gasteiger partial charge in [0.25, 0.3) is 0 Å². The van der Waals surface area contributed by atoms with Crippen LogP contribution >= 0.6 is 11.6 Å². The number of hydrogen-bond acceptors (Lipinski definition) is 3. The molecule has 0 unspecified atom stereocenters. The fourth-order valence-electron chi connectivity index (χ4n) is 2.53. The van der Waals surface area contributed by atoms with E-state index in [9.17, 15) is 14.4 Å². The maximum absolute atomic E-state index is 12.3. The van der Waals surface area contributed by atoms with Crippen molar-refractivity contribution in [3.05, 3.63) is 58.6 Å². The summed E-state index contributed by atoms with van der Waals surface area (Å²) in [7, 11) is 0. The first-order valence-corrected chi connectivity index (χ1v) is 8.61. The molecule has 0 aliphatic heterocycles. The van der Waals surface area contributed by atoms with E-state index in [1.54, 1.807) is 42.5 Å². The summed E-state index contributed by atoms with van der Waals surface area (Å²) >= 11 is 6.06. The Bertz CT molecular complexity index is 849. The van der Waals surface area contributed by atoms with Gasteiger partial charge < -0.3 is 10.2 Å². The number of anilines is 2. The molecule has 6 heteroatoms. The lowest BCUT2D eigenvalue weighted by atomic mass is 10.1. The number of halogens is 1. The first-order valence-electron chi connectivity index (χ1n) is 8.23. The molecule has 0 radical (unpaired) electrons. The molecule has 0 aliphatic carbocycles. The van der Waals surface area contributed by atoms with Crippen LogP contribution in [0.15, 0.2) is 42.5 Å². The van der Waals surface area contributed by atoms with Gasteiger partial charge in [0.2, 0.25) is 11.8 Å². The van der Waals surface area contributed by atoms with Crippen molar-refractivity contribution in [3.63, 3.8) is 0 Å². The highest BCUT2D eigenvalue weighted by Gasteiger charge is 2.15. The first-order chi connectivity index (χ1) is 12.3. The topological polar surface area (TPSA) is 66.5 Å². The zero-order chi connectivity index (χ0) is 19.3. The summed E-state index contributed by atoms with van der Waals surface area (Å²) in [6.07, 6.45) is 0.121. The molecule has 0 aliphatic rings. The molecule has 0 atom stereocenters. The van der Waals surface area contributed by atoms with Gasteiger partial charge in [0.1, 0.15) is 0 Å². The van der Waals surface area contributed by atoms with Gasteiger partial charge in [0.05, 0.1) is 0 Å². The normalized spacial score (nSPS) is 10.3. The Balaban J connectivity index is 2.08. The van der Waals surface area contributed by atoms with Crippen molar-refractivity contribution in [1.29, 1.82) is 0 Å². The molecule has 0 bridgehead atoms. The molecule has 2 aromatic rings. The van der Waals surface area contributed by atoms with Gasteiger partial charge in [-0.1, -0.05) is 29.8 Å². The third kappa shape index (κ3) is 4.92. The highest BCUT2D eigenvalue weighted by molar-refractivity contribution is 6.31. The quantitative estimate of drug-likeness (QED) is 0.771. The Morgan fingerprint density at radius 2 is 1.77 bits per heavy atom. The Kier molecular flexibility index (Phi) is 6.52. The summed E-state index contributed by atoms with van der Waals surface area (Å²) in [6, 6.07) is 12.1. The second kappa shape index (κ2) is 8.63. The van der Waals surface area contributed by atoms with Crippen LogP contribution in [0.4, 0.5) is 11.4 Å². The van der Waals surface area contributed by atoms with Crippen molar-refractivity contribution in [2.45, 2.75) is 27.2 Å². The smallest absolute Gasteiger partial charge is 0.226 e. The minimum absolute atomic E-state index is 0.0791. The Morgan fingerprint density at radius 3 is 2.42 bits per heavy atom. The molecule has 0 saturated heterocycles. The number of carbonyl (C=O) groups is 3. The highest BCUT2D eigenvalue weighted by Crippen LogP contribution is 2.23. The molecule has 0 aromatic heterocycles. The van der Waals surface area contributed by atoms with Crippen LogP contribution in [-0.4, -0.2) is 24.1 Å². The minimum Gasteiger partial charge on any atom is -0.326 e. The number of rotatable bonds is 6. The summed E-state index contributed by atoms with van der Waals surface area (Å²) in [5.41, 5.74) is 2.56. The molecule has 2 amide bonds. The van der Waals surface area contributed by atoms with Gasteiger partial charge >= 0.3 is 0 Å². The second-order valence-corrected chi connectivity index (χ2v) is 6.39. The van der Waals surface area contributed by atoms with Crippen molar-refractivity contribution < 1.29 is 14.4 Å².